The number of aromatic nitrogens is 2. The first-order chi connectivity index (χ1) is 14.8. The Morgan fingerprint density at radius 2 is 1.60 bits per heavy atom. The largest absolute Gasteiger partial charge is 0.353 e. The maximum absolute atomic E-state index is 13.1. The van der Waals surface area contributed by atoms with Gasteiger partial charge in [-0.05, 0) is 93.6 Å². The molecule has 5 heteroatoms. The fourth-order valence-corrected chi connectivity index (χ4v) is 5.06. The van der Waals surface area contributed by atoms with Gasteiger partial charge in [-0.15, -0.1) is 0 Å². The molecule has 1 N–H and O–H groups in total. The second-order valence-corrected chi connectivity index (χ2v) is 8.96. The topological polar surface area (TPSA) is 58.1 Å². The number of nitrogens with one attached hydrogen (secondary N) is 1. The van der Waals surface area contributed by atoms with E-state index in [1.807, 2.05) is 36.9 Å². The monoisotopic (exact) mass is 406 g/mol. The van der Waals surface area contributed by atoms with Crippen molar-refractivity contribution in [3.05, 3.63) is 60.2 Å². The van der Waals surface area contributed by atoms with Crippen molar-refractivity contribution in [2.45, 2.75) is 57.4 Å². The van der Waals surface area contributed by atoms with E-state index in [0.29, 0.717) is 5.92 Å². The summed E-state index contributed by atoms with van der Waals surface area (Å²) in [6, 6.07) is 8.51. The summed E-state index contributed by atoms with van der Waals surface area (Å²) in [6.45, 7) is 3.30. The highest BCUT2D eigenvalue weighted by Gasteiger charge is 2.38. The minimum Gasteiger partial charge on any atom is -0.353 e. The third kappa shape index (κ3) is 5.88. The van der Waals surface area contributed by atoms with Gasteiger partial charge in [-0.2, -0.15) is 0 Å². The van der Waals surface area contributed by atoms with Crippen molar-refractivity contribution in [2.24, 2.45) is 11.8 Å². The van der Waals surface area contributed by atoms with E-state index in [1.54, 1.807) is 0 Å². The predicted octanol–water partition coefficient (Wildman–Crippen LogP) is 3.65. The van der Waals surface area contributed by atoms with Gasteiger partial charge in [0.05, 0.1) is 5.92 Å². The van der Waals surface area contributed by atoms with Crippen molar-refractivity contribution in [2.75, 3.05) is 19.6 Å². The number of fused-ring (bicyclic) bond motifs is 3. The minimum absolute atomic E-state index is 0.187. The normalized spacial score (nSPS) is 22.9. The van der Waals surface area contributed by atoms with Crippen LogP contribution in [0.25, 0.3) is 0 Å². The van der Waals surface area contributed by atoms with E-state index in [-0.39, 0.29) is 17.9 Å². The molecule has 0 spiro atoms. The second-order valence-electron chi connectivity index (χ2n) is 8.96. The molecule has 3 aliphatic rings. The molecule has 0 aliphatic carbocycles. The SMILES string of the molecule is O=C(NC(CCCc1cccnc1)CCCc1cccnc1)C1CN2CCC1CC2. The van der Waals surface area contributed by atoms with Gasteiger partial charge >= 0.3 is 0 Å². The number of hydrogen-bond donors (Lipinski definition) is 1. The average molecular weight is 407 g/mol. The molecule has 5 nitrogen and oxygen atoms in total. The molecule has 2 bridgehead atoms. The highest BCUT2D eigenvalue weighted by molar-refractivity contribution is 5.79. The molecule has 2 aromatic heterocycles. The second kappa shape index (κ2) is 10.7. The first-order valence-electron chi connectivity index (χ1n) is 11.6. The number of aryl methyl sites for hydroxylation is 2. The highest BCUT2D eigenvalue weighted by Crippen LogP contribution is 2.32. The van der Waals surface area contributed by atoms with E-state index >= 15 is 0 Å². The van der Waals surface area contributed by atoms with Crippen LogP contribution < -0.4 is 5.32 Å². The van der Waals surface area contributed by atoms with Crippen LogP contribution >= 0.6 is 0 Å². The molecule has 3 saturated heterocycles. The van der Waals surface area contributed by atoms with Crippen molar-refractivity contribution in [3.8, 4) is 0 Å². The Balaban J connectivity index is 1.30. The third-order valence-corrected chi connectivity index (χ3v) is 6.82. The van der Waals surface area contributed by atoms with Gasteiger partial charge in [-0.1, -0.05) is 12.1 Å². The standard InChI is InChI=1S/C25H34N4O/c30-25(24-19-29-15-11-22(24)12-16-29)28-23(9-1-5-20-7-3-13-26-17-20)10-2-6-21-8-4-14-27-18-21/h3-4,7-8,13-14,17-18,22-24H,1-2,5-6,9-12,15-16,19H2,(H,28,30). The van der Waals surface area contributed by atoms with Crippen LogP contribution in [0.5, 0.6) is 0 Å². The van der Waals surface area contributed by atoms with Crippen LogP contribution in [-0.2, 0) is 17.6 Å². The summed E-state index contributed by atoms with van der Waals surface area (Å²) in [5.74, 6) is 1.06. The van der Waals surface area contributed by atoms with Crippen LogP contribution in [0, 0.1) is 11.8 Å². The number of hydrogen-bond acceptors (Lipinski definition) is 4. The van der Waals surface area contributed by atoms with E-state index in [2.05, 4.69) is 32.3 Å². The molecule has 1 atom stereocenters. The Bertz CT molecular complexity index is 729. The summed E-state index contributed by atoms with van der Waals surface area (Å²) in [4.78, 5) is 24.0. The van der Waals surface area contributed by atoms with Crippen LogP contribution in [0.15, 0.2) is 49.1 Å². The van der Waals surface area contributed by atoms with E-state index < -0.39 is 0 Å². The Hall–Kier alpha value is -2.27. The lowest BCUT2D eigenvalue weighted by Crippen LogP contribution is -2.53. The summed E-state index contributed by atoms with van der Waals surface area (Å²) in [6.07, 6.45) is 16.1. The fraction of sp³-hybridized carbons (Fsp3) is 0.560. The lowest BCUT2D eigenvalue weighted by Gasteiger charge is -2.44. The number of pyridine rings is 2. The van der Waals surface area contributed by atoms with Gasteiger partial charge in [-0.25, -0.2) is 0 Å². The molecule has 3 aliphatic heterocycles. The summed E-state index contributed by atoms with van der Waals surface area (Å²) in [5, 5.41) is 3.45. The maximum atomic E-state index is 13.1. The lowest BCUT2D eigenvalue weighted by atomic mass is 9.78. The molecular weight excluding hydrogens is 372 g/mol. The molecule has 2 aromatic rings. The summed E-state index contributed by atoms with van der Waals surface area (Å²) < 4.78 is 0. The van der Waals surface area contributed by atoms with Crippen LogP contribution in [0.2, 0.25) is 0 Å². The first kappa shape index (κ1) is 21.0. The molecule has 5 rings (SSSR count). The minimum atomic E-state index is 0.187. The number of nitrogens with zero attached hydrogens (tertiary/aromatic N) is 3. The van der Waals surface area contributed by atoms with Crippen molar-refractivity contribution in [1.29, 1.82) is 0 Å². The summed E-state index contributed by atoms with van der Waals surface area (Å²) >= 11 is 0. The fourth-order valence-electron chi connectivity index (χ4n) is 5.06. The molecule has 0 aromatic carbocycles. The van der Waals surface area contributed by atoms with Gasteiger partial charge in [0.15, 0.2) is 0 Å². The van der Waals surface area contributed by atoms with Crippen LogP contribution in [0.3, 0.4) is 0 Å². The number of amides is 1. The predicted molar refractivity (Wildman–Crippen MR) is 119 cm³/mol. The van der Waals surface area contributed by atoms with Crippen LogP contribution in [0.4, 0.5) is 0 Å². The molecule has 5 heterocycles. The maximum Gasteiger partial charge on any atom is 0.224 e. The van der Waals surface area contributed by atoms with Crippen molar-refractivity contribution in [3.63, 3.8) is 0 Å². The van der Waals surface area contributed by atoms with Crippen LogP contribution in [0.1, 0.15) is 49.7 Å². The van der Waals surface area contributed by atoms with Crippen LogP contribution in [-0.4, -0.2) is 46.5 Å². The van der Waals surface area contributed by atoms with Crippen molar-refractivity contribution < 1.29 is 4.79 Å². The third-order valence-electron chi connectivity index (χ3n) is 6.82. The number of carbonyl (C=O) groups excluding carboxylic acids is 1. The van der Waals surface area contributed by atoms with Gasteiger partial charge in [0.1, 0.15) is 0 Å². The first-order valence-corrected chi connectivity index (χ1v) is 11.6. The van der Waals surface area contributed by atoms with Gasteiger partial charge < -0.3 is 10.2 Å². The van der Waals surface area contributed by atoms with Crippen molar-refractivity contribution in [1.82, 2.24) is 20.2 Å². The summed E-state index contributed by atoms with van der Waals surface area (Å²) in [7, 11) is 0. The Morgan fingerprint density at radius 1 is 1.00 bits per heavy atom. The Kier molecular flexibility index (Phi) is 7.46. The van der Waals surface area contributed by atoms with E-state index in [9.17, 15) is 4.79 Å². The molecule has 160 valence electrons. The van der Waals surface area contributed by atoms with E-state index in [4.69, 9.17) is 0 Å². The van der Waals surface area contributed by atoms with E-state index in [0.717, 1.165) is 45.1 Å². The lowest BCUT2D eigenvalue weighted by molar-refractivity contribution is -0.131. The molecule has 0 radical (unpaired) electrons. The number of piperidine rings is 3. The van der Waals surface area contributed by atoms with E-state index in [1.165, 1.54) is 37.1 Å². The molecule has 0 saturated carbocycles. The molecule has 30 heavy (non-hydrogen) atoms. The zero-order valence-corrected chi connectivity index (χ0v) is 17.9. The van der Waals surface area contributed by atoms with Gasteiger partial charge in [-0.3, -0.25) is 14.8 Å². The highest BCUT2D eigenvalue weighted by atomic mass is 16.2. The molecule has 3 fully saturated rings. The molecular formula is C25H34N4O. The quantitative estimate of drug-likeness (QED) is 0.654. The molecule has 1 amide bonds. The summed E-state index contributed by atoms with van der Waals surface area (Å²) in [5.41, 5.74) is 2.55. The number of rotatable bonds is 10. The zero-order valence-electron chi connectivity index (χ0n) is 17.9. The van der Waals surface area contributed by atoms with Gasteiger partial charge in [0.25, 0.3) is 0 Å². The molecule has 1 unspecified atom stereocenters. The van der Waals surface area contributed by atoms with Gasteiger partial charge in [0.2, 0.25) is 5.91 Å². The average Bonchev–Trinajstić information content (AvgIpc) is 2.81. The Morgan fingerprint density at radius 3 is 2.07 bits per heavy atom. The smallest absolute Gasteiger partial charge is 0.224 e. The zero-order chi connectivity index (χ0) is 20.6. The Labute approximate surface area is 180 Å². The van der Waals surface area contributed by atoms with Gasteiger partial charge in [0, 0.05) is 37.4 Å². The number of carbonyl (C=O) groups is 1. The van der Waals surface area contributed by atoms with Crippen molar-refractivity contribution >= 4 is 5.91 Å².